The normalized spacial score (nSPS) is 11.9. The topological polar surface area (TPSA) is 104 Å². The van der Waals surface area contributed by atoms with Crippen LogP contribution in [0.5, 0.6) is 0 Å². The lowest BCUT2D eigenvalue weighted by atomic mass is 10.2. The summed E-state index contributed by atoms with van der Waals surface area (Å²) in [6.07, 6.45) is 0. The van der Waals surface area contributed by atoms with Gasteiger partial charge in [0.05, 0.1) is 32.7 Å². The van der Waals surface area contributed by atoms with Gasteiger partial charge in [0.15, 0.2) is 4.80 Å². The number of benzene rings is 2. The van der Waals surface area contributed by atoms with Crippen LogP contribution >= 0.6 is 22.7 Å². The number of carbonyl (C=O) groups excluding carboxylic acids is 2. The van der Waals surface area contributed by atoms with Gasteiger partial charge in [-0.25, -0.2) is 4.79 Å². The number of nitrogens with zero attached hydrogens (tertiary/aromatic N) is 3. The van der Waals surface area contributed by atoms with E-state index in [9.17, 15) is 19.7 Å². The van der Waals surface area contributed by atoms with Crippen LogP contribution in [-0.4, -0.2) is 28.5 Å². The van der Waals surface area contributed by atoms with E-state index in [-0.39, 0.29) is 5.69 Å². The Morgan fingerprint density at radius 3 is 2.62 bits per heavy atom. The summed E-state index contributed by atoms with van der Waals surface area (Å²) in [5, 5.41) is 11.6. The first-order chi connectivity index (χ1) is 13.9. The molecule has 4 aromatic rings. The molecule has 0 unspecified atom stereocenters. The number of hydrogen-bond donors (Lipinski definition) is 0. The number of thiophene rings is 1. The Bertz CT molecular complexity index is 1380. The van der Waals surface area contributed by atoms with Crippen molar-refractivity contribution in [2.75, 3.05) is 7.11 Å². The maximum absolute atomic E-state index is 12.7. The Hall–Kier alpha value is -3.37. The summed E-state index contributed by atoms with van der Waals surface area (Å²) in [7, 11) is 3.11. The highest BCUT2D eigenvalue weighted by molar-refractivity contribution is 7.21. The number of aryl methyl sites for hydroxylation is 1. The van der Waals surface area contributed by atoms with Crippen molar-refractivity contribution in [3.63, 3.8) is 0 Å². The first kappa shape index (κ1) is 19.0. The third-order valence-electron chi connectivity index (χ3n) is 4.35. The molecule has 0 saturated heterocycles. The second-order valence-corrected chi connectivity index (χ2v) is 8.22. The minimum atomic E-state index is -0.469. The summed E-state index contributed by atoms with van der Waals surface area (Å²) in [6.45, 7) is 0. The molecule has 1 amide bonds. The average Bonchev–Trinajstić information content (AvgIpc) is 3.27. The van der Waals surface area contributed by atoms with Gasteiger partial charge in [0.25, 0.3) is 11.6 Å². The van der Waals surface area contributed by atoms with Crippen LogP contribution in [0.15, 0.2) is 47.5 Å². The average molecular weight is 427 g/mol. The molecule has 0 aliphatic heterocycles. The molecule has 0 fully saturated rings. The van der Waals surface area contributed by atoms with Crippen LogP contribution in [-0.2, 0) is 11.8 Å². The summed E-state index contributed by atoms with van der Waals surface area (Å²) in [4.78, 5) is 40.0. The van der Waals surface area contributed by atoms with Crippen molar-refractivity contribution in [3.05, 3.63) is 67.8 Å². The summed E-state index contributed by atoms with van der Waals surface area (Å²) in [5.41, 5.74) is 1.23. The molecule has 2 aromatic carbocycles. The molecular formula is C19H13N3O5S2. The fourth-order valence-electron chi connectivity index (χ4n) is 2.88. The first-order valence-electron chi connectivity index (χ1n) is 8.32. The number of amides is 1. The quantitative estimate of drug-likeness (QED) is 0.280. The van der Waals surface area contributed by atoms with Gasteiger partial charge >= 0.3 is 5.97 Å². The second kappa shape index (κ2) is 7.22. The van der Waals surface area contributed by atoms with Crippen LogP contribution in [0.3, 0.4) is 0 Å². The summed E-state index contributed by atoms with van der Waals surface area (Å²) < 4.78 is 8.09. The van der Waals surface area contributed by atoms with E-state index in [0.717, 1.165) is 14.9 Å². The molecular weight excluding hydrogens is 414 g/mol. The van der Waals surface area contributed by atoms with Gasteiger partial charge < -0.3 is 9.30 Å². The smallest absolute Gasteiger partial charge is 0.337 e. The van der Waals surface area contributed by atoms with E-state index >= 15 is 0 Å². The Morgan fingerprint density at radius 1 is 1.10 bits per heavy atom. The lowest BCUT2D eigenvalue weighted by molar-refractivity contribution is -0.384. The van der Waals surface area contributed by atoms with Crippen LogP contribution in [0.25, 0.3) is 20.3 Å². The molecule has 2 aromatic heterocycles. The van der Waals surface area contributed by atoms with Crippen molar-refractivity contribution < 1.29 is 19.2 Å². The molecule has 29 heavy (non-hydrogen) atoms. The van der Waals surface area contributed by atoms with Gasteiger partial charge in [-0.15, -0.1) is 11.3 Å². The lowest BCUT2D eigenvalue weighted by Crippen LogP contribution is -2.12. The summed E-state index contributed by atoms with van der Waals surface area (Å²) in [6, 6.07) is 11.2. The predicted molar refractivity (Wildman–Crippen MR) is 111 cm³/mol. The van der Waals surface area contributed by atoms with Gasteiger partial charge in [0, 0.05) is 29.3 Å². The van der Waals surface area contributed by atoms with Crippen LogP contribution in [0.4, 0.5) is 5.69 Å². The highest BCUT2D eigenvalue weighted by Crippen LogP contribution is 2.29. The SMILES string of the molecule is COC(=O)c1ccc2c(c1)sc(=NC(=O)c1cc3cc([N+](=O)[O-])ccc3s1)n2C. The number of thiazole rings is 1. The standard InChI is InChI=1S/C19H13N3O5S2/c1-21-13-5-3-10(18(24)27-2)8-15(13)29-19(21)20-17(23)16-9-11-7-12(22(25)26)4-6-14(11)28-16/h3-9H,1-2H3. The predicted octanol–water partition coefficient (Wildman–Crippen LogP) is 3.89. The number of methoxy groups -OCH3 is 1. The molecule has 0 aliphatic carbocycles. The van der Waals surface area contributed by atoms with Gasteiger partial charge in [-0.05, 0) is 30.3 Å². The minimum Gasteiger partial charge on any atom is -0.465 e. The molecule has 0 N–H and O–H groups in total. The van der Waals surface area contributed by atoms with Crippen molar-refractivity contribution in [2.45, 2.75) is 0 Å². The maximum atomic E-state index is 12.7. The number of hydrogen-bond acceptors (Lipinski definition) is 7. The zero-order chi connectivity index (χ0) is 20.7. The van der Waals surface area contributed by atoms with Crippen LogP contribution in [0, 0.1) is 10.1 Å². The largest absolute Gasteiger partial charge is 0.465 e. The molecule has 4 rings (SSSR count). The molecule has 0 spiro atoms. The molecule has 146 valence electrons. The first-order valence-corrected chi connectivity index (χ1v) is 9.95. The number of carbonyl (C=O) groups is 2. The summed E-state index contributed by atoms with van der Waals surface area (Å²) in [5.74, 6) is -0.860. The van der Waals surface area contributed by atoms with Crippen LogP contribution in [0.1, 0.15) is 20.0 Å². The molecule has 0 radical (unpaired) electrons. The van der Waals surface area contributed by atoms with E-state index in [1.54, 1.807) is 41.9 Å². The van der Waals surface area contributed by atoms with Crippen LogP contribution < -0.4 is 4.80 Å². The van der Waals surface area contributed by atoms with E-state index in [4.69, 9.17) is 4.74 Å². The zero-order valence-electron chi connectivity index (χ0n) is 15.2. The Labute approximate surface area is 171 Å². The molecule has 0 bridgehead atoms. The highest BCUT2D eigenvalue weighted by atomic mass is 32.1. The molecule has 0 atom stereocenters. The van der Waals surface area contributed by atoms with Crippen molar-refractivity contribution in [1.29, 1.82) is 0 Å². The molecule has 0 saturated carbocycles. The second-order valence-electron chi connectivity index (χ2n) is 6.12. The number of aromatic nitrogens is 1. The molecule has 10 heteroatoms. The third-order valence-corrected chi connectivity index (χ3v) is 6.55. The van der Waals surface area contributed by atoms with Gasteiger partial charge in [-0.3, -0.25) is 14.9 Å². The Kier molecular flexibility index (Phi) is 4.73. The van der Waals surface area contributed by atoms with E-state index < -0.39 is 16.8 Å². The van der Waals surface area contributed by atoms with E-state index in [1.807, 2.05) is 0 Å². The minimum absolute atomic E-state index is 0.0245. The van der Waals surface area contributed by atoms with Gasteiger partial charge in [0.1, 0.15) is 0 Å². The third kappa shape index (κ3) is 3.43. The number of nitro benzene ring substituents is 1. The van der Waals surface area contributed by atoms with Gasteiger partial charge in [0.2, 0.25) is 0 Å². The van der Waals surface area contributed by atoms with Crippen LogP contribution in [0.2, 0.25) is 0 Å². The van der Waals surface area contributed by atoms with Crippen molar-refractivity contribution in [2.24, 2.45) is 12.0 Å². The Balaban J connectivity index is 1.75. The van der Waals surface area contributed by atoms with Crippen molar-refractivity contribution in [1.82, 2.24) is 4.57 Å². The molecule has 8 nitrogen and oxygen atoms in total. The fourth-order valence-corrected chi connectivity index (χ4v) is 4.86. The number of ether oxygens (including phenoxy) is 1. The van der Waals surface area contributed by atoms with E-state index in [2.05, 4.69) is 4.99 Å². The fraction of sp³-hybridized carbons (Fsp3) is 0.105. The summed E-state index contributed by atoms with van der Waals surface area (Å²) >= 11 is 2.52. The Morgan fingerprint density at radius 2 is 1.90 bits per heavy atom. The van der Waals surface area contributed by atoms with E-state index in [1.165, 1.54) is 41.9 Å². The van der Waals surface area contributed by atoms with Gasteiger partial charge in [-0.2, -0.15) is 4.99 Å². The number of nitro groups is 1. The van der Waals surface area contributed by atoms with Gasteiger partial charge in [-0.1, -0.05) is 11.3 Å². The highest BCUT2D eigenvalue weighted by Gasteiger charge is 2.14. The van der Waals surface area contributed by atoms with Crippen molar-refractivity contribution in [3.8, 4) is 0 Å². The number of esters is 1. The molecule has 0 aliphatic rings. The van der Waals surface area contributed by atoms with Crippen molar-refractivity contribution >= 4 is 60.5 Å². The lowest BCUT2D eigenvalue weighted by Gasteiger charge is -1.99. The number of rotatable bonds is 3. The van der Waals surface area contributed by atoms with E-state index in [0.29, 0.717) is 20.6 Å². The molecule has 2 heterocycles. The number of fused-ring (bicyclic) bond motifs is 2. The number of non-ortho nitro benzene ring substituents is 1. The zero-order valence-corrected chi connectivity index (χ0v) is 16.9. The maximum Gasteiger partial charge on any atom is 0.337 e. The monoisotopic (exact) mass is 427 g/mol.